The predicted molar refractivity (Wildman–Crippen MR) is 152 cm³/mol. The number of amides is 1. The molecule has 0 saturated heterocycles. The number of anilines is 3. The van der Waals surface area contributed by atoms with Crippen molar-refractivity contribution < 1.29 is 4.79 Å². The number of nitrogen functional groups attached to an aromatic ring is 1. The lowest BCUT2D eigenvalue weighted by Gasteiger charge is -2.12. The number of carbonyl (C=O) groups excluding carboxylic acids is 1. The molecule has 0 spiro atoms. The third-order valence-electron chi connectivity index (χ3n) is 5.72. The average Bonchev–Trinajstić information content (AvgIpc) is 3.19. The summed E-state index contributed by atoms with van der Waals surface area (Å²) < 4.78 is 0.972. The molecule has 182 valence electrons. The molecule has 1 aliphatic rings. The van der Waals surface area contributed by atoms with Crippen molar-refractivity contribution in [3.8, 4) is 0 Å². The first kappa shape index (κ1) is 26.2. The molecule has 0 radical (unpaired) electrons. The Balaban J connectivity index is 0.000000320. The lowest BCUT2D eigenvalue weighted by molar-refractivity contribution is -0.114. The molecule has 0 fully saturated rings. The fraction of sp³-hybridized carbons (Fsp3) is 0.241. The zero-order valence-corrected chi connectivity index (χ0v) is 22.2. The van der Waals surface area contributed by atoms with Crippen LogP contribution in [0, 0.1) is 0 Å². The number of halogens is 1. The summed E-state index contributed by atoms with van der Waals surface area (Å²) in [5, 5.41) is 9.36. The van der Waals surface area contributed by atoms with Gasteiger partial charge >= 0.3 is 0 Å². The van der Waals surface area contributed by atoms with Gasteiger partial charge in [-0.2, -0.15) is 10.1 Å². The van der Waals surface area contributed by atoms with Crippen LogP contribution in [0.15, 0.2) is 94.1 Å². The van der Waals surface area contributed by atoms with Crippen LogP contribution in [0.2, 0.25) is 0 Å². The van der Waals surface area contributed by atoms with E-state index >= 15 is 0 Å². The molecule has 4 rings (SSSR count). The van der Waals surface area contributed by atoms with Crippen molar-refractivity contribution in [2.24, 2.45) is 5.10 Å². The van der Waals surface area contributed by atoms with Crippen molar-refractivity contribution in [3.63, 3.8) is 0 Å². The van der Waals surface area contributed by atoms with Crippen molar-refractivity contribution in [1.82, 2.24) is 0 Å². The van der Waals surface area contributed by atoms with E-state index in [1.54, 1.807) is 6.20 Å². The standard InChI is InChI=1S/C21H22BrN3O.C8H11N/c1-3-7-20-18(14-23-19-9-6-5-8-15(19)4-2)21(26)25(24-20)17-12-10-16(22)11-13-17;1-2-7-5-3-4-6-8(7)9/h5-6,8-14,23H,3-4,7H2,1-2H3;3-6H,2,9H2,1H3. The second-order valence-corrected chi connectivity index (χ2v) is 9.07. The van der Waals surface area contributed by atoms with Gasteiger partial charge in [-0.25, -0.2) is 0 Å². The number of rotatable bonds is 7. The van der Waals surface area contributed by atoms with E-state index in [0.29, 0.717) is 5.57 Å². The Morgan fingerprint density at radius 3 is 2.14 bits per heavy atom. The molecule has 0 aromatic heterocycles. The van der Waals surface area contributed by atoms with Gasteiger partial charge in [-0.05, 0) is 66.8 Å². The first-order chi connectivity index (χ1) is 17.0. The number of nitrogens with one attached hydrogen (secondary N) is 1. The molecular formula is C29H33BrN4O. The molecule has 1 heterocycles. The van der Waals surface area contributed by atoms with Crippen LogP contribution < -0.4 is 16.1 Å². The van der Waals surface area contributed by atoms with Crippen LogP contribution in [-0.2, 0) is 17.6 Å². The molecule has 0 unspecified atom stereocenters. The summed E-state index contributed by atoms with van der Waals surface area (Å²) in [6.45, 7) is 6.31. The lowest BCUT2D eigenvalue weighted by atomic mass is 10.1. The molecule has 0 aliphatic carbocycles. The molecule has 6 heteroatoms. The molecule has 1 aliphatic heterocycles. The quantitative estimate of drug-likeness (QED) is 0.247. The molecule has 3 aromatic carbocycles. The van der Waals surface area contributed by atoms with Crippen LogP contribution in [0.3, 0.4) is 0 Å². The SMILES string of the molecule is CCCC1=NN(c2ccc(Br)cc2)C(=O)C1=CNc1ccccc1CC.CCc1ccccc1N. The minimum atomic E-state index is -0.0998. The van der Waals surface area contributed by atoms with Gasteiger partial charge in [0.2, 0.25) is 0 Å². The van der Waals surface area contributed by atoms with Gasteiger partial charge in [0.15, 0.2) is 0 Å². The van der Waals surface area contributed by atoms with Gasteiger partial charge in [-0.1, -0.05) is 79.5 Å². The van der Waals surface area contributed by atoms with Gasteiger partial charge in [0, 0.05) is 22.0 Å². The molecule has 3 aromatic rings. The summed E-state index contributed by atoms with van der Waals surface area (Å²) in [6.07, 6.45) is 5.45. The van der Waals surface area contributed by atoms with Crippen molar-refractivity contribution >= 4 is 44.6 Å². The zero-order chi connectivity index (χ0) is 25.2. The number of carbonyl (C=O) groups is 1. The Morgan fingerprint density at radius 2 is 1.54 bits per heavy atom. The maximum atomic E-state index is 12.9. The number of nitrogens with two attached hydrogens (primary N) is 1. The second-order valence-electron chi connectivity index (χ2n) is 8.16. The predicted octanol–water partition coefficient (Wildman–Crippen LogP) is 7.34. The van der Waals surface area contributed by atoms with Crippen molar-refractivity contribution in [2.75, 3.05) is 16.1 Å². The topological polar surface area (TPSA) is 70.7 Å². The summed E-state index contributed by atoms with van der Waals surface area (Å²) in [6, 6.07) is 23.7. The number of hydrazone groups is 1. The summed E-state index contributed by atoms with van der Waals surface area (Å²) in [7, 11) is 0. The zero-order valence-electron chi connectivity index (χ0n) is 20.6. The molecule has 0 saturated carbocycles. The highest BCUT2D eigenvalue weighted by atomic mass is 79.9. The smallest absolute Gasteiger partial charge is 0.282 e. The van der Waals surface area contributed by atoms with Gasteiger partial charge in [0.1, 0.15) is 0 Å². The maximum absolute atomic E-state index is 12.9. The fourth-order valence-electron chi connectivity index (χ4n) is 3.76. The number of benzene rings is 3. The number of aryl methyl sites for hydroxylation is 2. The molecular weight excluding hydrogens is 500 g/mol. The van der Waals surface area contributed by atoms with E-state index in [2.05, 4.69) is 59.3 Å². The number of hydrogen-bond donors (Lipinski definition) is 2. The van der Waals surface area contributed by atoms with Crippen LogP contribution in [0.5, 0.6) is 0 Å². The first-order valence-corrected chi connectivity index (χ1v) is 12.8. The first-order valence-electron chi connectivity index (χ1n) is 12.0. The Kier molecular flexibility index (Phi) is 9.67. The highest BCUT2D eigenvalue weighted by Crippen LogP contribution is 2.27. The molecule has 1 amide bonds. The summed E-state index contributed by atoms with van der Waals surface area (Å²) in [5.41, 5.74) is 12.2. The number of para-hydroxylation sites is 2. The van der Waals surface area contributed by atoms with Gasteiger partial charge in [0.05, 0.1) is 17.0 Å². The van der Waals surface area contributed by atoms with Crippen LogP contribution >= 0.6 is 15.9 Å². The average molecular weight is 534 g/mol. The van der Waals surface area contributed by atoms with E-state index in [9.17, 15) is 4.79 Å². The largest absolute Gasteiger partial charge is 0.399 e. The summed E-state index contributed by atoms with van der Waals surface area (Å²) in [5.74, 6) is -0.0998. The van der Waals surface area contributed by atoms with Crippen molar-refractivity contribution in [2.45, 2.75) is 46.5 Å². The number of hydrogen-bond acceptors (Lipinski definition) is 4. The number of nitrogens with zero attached hydrogens (tertiary/aromatic N) is 2. The van der Waals surface area contributed by atoms with E-state index in [4.69, 9.17) is 5.73 Å². The highest BCUT2D eigenvalue weighted by Gasteiger charge is 2.30. The van der Waals surface area contributed by atoms with Crippen LogP contribution in [0.1, 0.15) is 44.7 Å². The Labute approximate surface area is 216 Å². The molecule has 3 N–H and O–H groups in total. The normalized spacial score (nSPS) is 13.9. The molecule has 0 atom stereocenters. The third kappa shape index (κ3) is 6.83. The molecule has 35 heavy (non-hydrogen) atoms. The van der Waals surface area contributed by atoms with Crippen molar-refractivity contribution in [3.05, 3.63) is 100 Å². The lowest BCUT2D eigenvalue weighted by Crippen LogP contribution is -2.21. The molecule has 5 nitrogen and oxygen atoms in total. The summed E-state index contributed by atoms with van der Waals surface area (Å²) >= 11 is 3.42. The van der Waals surface area contributed by atoms with Crippen LogP contribution in [-0.4, -0.2) is 11.6 Å². The monoisotopic (exact) mass is 532 g/mol. The van der Waals surface area contributed by atoms with E-state index in [0.717, 1.165) is 52.9 Å². The highest BCUT2D eigenvalue weighted by molar-refractivity contribution is 9.10. The van der Waals surface area contributed by atoms with Gasteiger partial charge in [-0.3, -0.25) is 4.79 Å². The van der Waals surface area contributed by atoms with Crippen LogP contribution in [0.25, 0.3) is 0 Å². The minimum absolute atomic E-state index is 0.0998. The Bertz CT molecular complexity index is 1200. The van der Waals surface area contributed by atoms with Gasteiger partial charge in [-0.15, -0.1) is 0 Å². The Morgan fingerprint density at radius 1 is 0.914 bits per heavy atom. The van der Waals surface area contributed by atoms with E-state index in [-0.39, 0.29) is 5.91 Å². The van der Waals surface area contributed by atoms with Gasteiger partial charge < -0.3 is 11.1 Å². The molecule has 0 bridgehead atoms. The summed E-state index contributed by atoms with van der Waals surface area (Å²) in [4.78, 5) is 12.9. The van der Waals surface area contributed by atoms with Crippen LogP contribution in [0.4, 0.5) is 17.1 Å². The van der Waals surface area contributed by atoms with Crippen molar-refractivity contribution in [1.29, 1.82) is 0 Å². The maximum Gasteiger partial charge on any atom is 0.282 e. The van der Waals surface area contributed by atoms with E-state index < -0.39 is 0 Å². The fourth-order valence-corrected chi connectivity index (χ4v) is 4.02. The minimum Gasteiger partial charge on any atom is -0.399 e. The second kappa shape index (κ2) is 12.9. The van der Waals surface area contributed by atoms with Gasteiger partial charge in [0.25, 0.3) is 5.91 Å². The van der Waals surface area contributed by atoms with E-state index in [1.807, 2.05) is 60.7 Å². The third-order valence-corrected chi connectivity index (χ3v) is 6.25. The Hall–Kier alpha value is -3.38. The van der Waals surface area contributed by atoms with E-state index in [1.165, 1.54) is 16.1 Å².